The molecule has 0 spiro atoms. The number of ether oxygens (including phenoxy) is 1. The summed E-state index contributed by atoms with van der Waals surface area (Å²) in [7, 11) is 1.46. The van der Waals surface area contributed by atoms with Gasteiger partial charge in [-0.1, -0.05) is 29.4 Å². The first-order valence-electron chi connectivity index (χ1n) is 9.49. The highest BCUT2D eigenvalue weighted by molar-refractivity contribution is 9.10. The Bertz CT molecular complexity index is 1150. The Morgan fingerprint density at radius 3 is 2.81 bits per heavy atom. The highest BCUT2D eigenvalue weighted by Crippen LogP contribution is 2.46. The molecule has 31 heavy (non-hydrogen) atoms. The summed E-state index contributed by atoms with van der Waals surface area (Å²) in [6.45, 7) is 2.31. The first-order valence-corrected chi connectivity index (χ1v) is 11.6. The minimum atomic E-state index is -0.401. The number of carbonyl (C=O) groups excluding carboxylic acids is 1. The molecule has 2 aliphatic rings. The van der Waals surface area contributed by atoms with Gasteiger partial charge in [0.05, 0.1) is 40.8 Å². The number of phenolic OH excluding ortho intramolecular Hbond substituents is 1. The van der Waals surface area contributed by atoms with Crippen molar-refractivity contribution < 1.29 is 14.6 Å². The van der Waals surface area contributed by atoms with Gasteiger partial charge in [-0.25, -0.2) is 0 Å². The number of amides is 1. The number of thioether (sulfide) groups is 1. The van der Waals surface area contributed by atoms with Crippen LogP contribution in [0.25, 0.3) is 0 Å². The number of hydrogen-bond acceptors (Lipinski definition) is 6. The van der Waals surface area contributed by atoms with E-state index in [-0.39, 0.29) is 18.1 Å². The molecule has 1 atom stereocenters. The molecule has 6 nitrogen and oxygen atoms in total. The average molecular weight is 521 g/mol. The Balaban J connectivity index is 1.69. The molecule has 0 aromatic heterocycles. The third-order valence-electron chi connectivity index (χ3n) is 5.49. The van der Waals surface area contributed by atoms with Crippen molar-refractivity contribution in [1.29, 1.82) is 5.26 Å². The van der Waals surface area contributed by atoms with Crippen molar-refractivity contribution in [1.82, 2.24) is 4.90 Å². The van der Waals surface area contributed by atoms with E-state index in [1.165, 1.54) is 18.9 Å². The first kappa shape index (κ1) is 21.9. The van der Waals surface area contributed by atoms with Gasteiger partial charge >= 0.3 is 0 Å². The van der Waals surface area contributed by atoms with Crippen molar-refractivity contribution in [3.05, 3.63) is 61.6 Å². The van der Waals surface area contributed by atoms with Crippen LogP contribution in [0.4, 0.5) is 5.69 Å². The zero-order valence-corrected chi connectivity index (χ0v) is 20.0. The second-order valence-electron chi connectivity index (χ2n) is 7.35. The van der Waals surface area contributed by atoms with Gasteiger partial charge in [0.2, 0.25) is 5.91 Å². The Morgan fingerprint density at radius 1 is 1.35 bits per heavy atom. The molecule has 1 amide bonds. The summed E-state index contributed by atoms with van der Waals surface area (Å²) in [5.74, 6) is 0.416. The van der Waals surface area contributed by atoms with E-state index in [9.17, 15) is 15.2 Å². The standard InChI is InChI=1S/C22H19BrClN3O3S/c1-12-3-4-14(7-18(12)24)26-10-27-20(28)8-15(16(9-25)22(27)31-11-26)13-5-17(23)21(29)19(6-13)30-2/h3-7,15,29H,8,10-11H2,1-2H3/t15-/m1/s1. The van der Waals surface area contributed by atoms with Gasteiger partial charge in [0, 0.05) is 23.0 Å². The van der Waals surface area contributed by atoms with Gasteiger partial charge in [-0.05, 0) is 58.2 Å². The lowest BCUT2D eigenvalue weighted by Crippen LogP contribution is -2.47. The van der Waals surface area contributed by atoms with Crippen LogP contribution in [0, 0.1) is 18.3 Å². The van der Waals surface area contributed by atoms with E-state index in [4.69, 9.17) is 16.3 Å². The number of aromatic hydroxyl groups is 1. The number of fused-ring (bicyclic) bond motifs is 1. The van der Waals surface area contributed by atoms with Gasteiger partial charge in [0.25, 0.3) is 0 Å². The average Bonchev–Trinajstić information content (AvgIpc) is 2.77. The first-order chi connectivity index (χ1) is 14.8. The molecule has 0 aliphatic carbocycles. The number of anilines is 1. The predicted molar refractivity (Wildman–Crippen MR) is 125 cm³/mol. The lowest BCUT2D eigenvalue weighted by Gasteiger charge is -2.42. The van der Waals surface area contributed by atoms with Crippen molar-refractivity contribution in [2.45, 2.75) is 19.3 Å². The lowest BCUT2D eigenvalue weighted by atomic mass is 9.86. The zero-order valence-electron chi connectivity index (χ0n) is 16.9. The van der Waals surface area contributed by atoms with E-state index in [1.807, 2.05) is 25.1 Å². The minimum absolute atomic E-state index is 0.0133. The molecule has 160 valence electrons. The summed E-state index contributed by atoms with van der Waals surface area (Å²) >= 11 is 11.1. The molecule has 0 saturated carbocycles. The maximum atomic E-state index is 13.1. The molecule has 9 heteroatoms. The van der Waals surface area contributed by atoms with E-state index in [1.54, 1.807) is 17.0 Å². The molecular weight excluding hydrogens is 502 g/mol. The molecule has 0 unspecified atom stereocenters. The van der Waals surface area contributed by atoms with Crippen molar-refractivity contribution in [3.63, 3.8) is 0 Å². The van der Waals surface area contributed by atoms with E-state index in [2.05, 4.69) is 26.9 Å². The Morgan fingerprint density at radius 2 is 2.13 bits per heavy atom. The van der Waals surface area contributed by atoms with Gasteiger partial charge in [0.15, 0.2) is 11.5 Å². The van der Waals surface area contributed by atoms with Crippen LogP contribution >= 0.6 is 39.3 Å². The number of hydrogen-bond donors (Lipinski definition) is 1. The van der Waals surface area contributed by atoms with Crippen LogP contribution in [0.15, 0.2) is 45.4 Å². The Hall–Kier alpha value is -2.34. The summed E-state index contributed by atoms with van der Waals surface area (Å²) in [5, 5.41) is 21.4. The van der Waals surface area contributed by atoms with E-state index < -0.39 is 5.92 Å². The maximum Gasteiger partial charge on any atom is 0.229 e. The summed E-state index contributed by atoms with van der Waals surface area (Å²) in [4.78, 5) is 16.8. The summed E-state index contributed by atoms with van der Waals surface area (Å²) in [6, 6.07) is 11.6. The van der Waals surface area contributed by atoms with Crippen molar-refractivity contribution >= 4 is 50.9 Å². The largest absolute Gasteiger partial charge is 0.503 e. The van der Waals surface area contributed by atoms with Crippen molar-refractivity contribution in [3.8, 4) is 17.6 Å². The fourth-order valence-electron chi connectivity index (χ4n) is 3.74. The molecule has 2 aliphatic heterocycles. The molecule has 2 heterocycles. The van der Waals surface area contributed by atoms with Crippen LogP contribution in [-0.2, 0) is 4.79 Å². The monoisotopic (exact) mass is 519 g/mol. The molecule has 4 rings (SSSR count). The van der Waals surface area contributed by atoms with Gasteiger partial charge in [0.1, 0.15) is 0 Å². The third-order valence-corrected chi connectivity index (χ3v) is 7.65. The van der Waals surface area contributed by atoms with Gasteiger partial charge in [-0.15, -0.1) is 0 Å². The molecule has 0 radical (unpaired) electrons. The van der Waals surface area contributed by atoms with Crippen LogP contribution in [0.2, 0.25) is 5.02 Å². The summed E-state index contributed by atoms with van der Waals surface area (Å²) in [5.41, 5.74) is 3.22. The molecular formula is C22H19BrClN3O3S. The maximum absolute atomic E-state index is 13.1. The highest BCUT2D eigenvalue weighted by atomic mass is 79.9. The lowest BCUT2D eigenvalue weighted by molar-refractivity contribution is -0.129. The second kappa shape index (κ2) is 8.65. The van der Waals surface area contributed by atoms with Crippen LogP contribution in [-0.4, -0.2) is 35.6 Å². The van der Waals surface area contributed by atoms with Crippen LogP contribution < -0.4 is 9.64 Å². The topological polar surface area (TPSA) is 76.8 Å². The summed E-state index contributed by atoms with van der Waals surface area (Å²) < 4.78 is 5.70. The fourth-order valence-corrected chi connectivity index (χ4v) is 5.54. The van der Waals surface area contributed by atoms with E-state index >= 15 is 0 Å². The molecule has 1 saturated heterocycles. The van der Waals surface area contributed by atoms with Gasteiger partial charge in [-0.3, -0.25) is 9.69 Å². The number of nitriles is 1. The molecule has 2 aromatic carbocycles. The SMILES string of the molecule is COc1cc([C@H]2CC(=O)N3CN(c4ccc(C)c(Cl)c4)CSC3=C2C#N)cc(Br)c1O. The van der Waals surface area contributed by atoms with Gasteiger partial charge in [-0.2, -0.15) is 5.26 Å². The third kappa shape index (κ3) is 3.98. The van der Waals surface area contributed by atoms with Crippen LogP contribution in [0.5, 0.6) is 11.5 Å². The number of benzene rings is 2. The van der Waals surface area contributed by atoms with Crippen LogP contribution in [0.3, 0.4) is 0 Å². The molecule has 0 bridgehead atoms. The second-order valence-corrected chi connectivity index (χ2v) is 9.55. The highest BCUT2D eigenvalue weighted by Gasteiger charge is 2.38. The number of methoxy groups -OCH3 is 1. The van der Waals surface area contributed by atoms with Crippen molar-refractivity contribution in [2.24, 2.45) is 0 Å². The van der Waals surface area contributed by atoms with E-state index in [0.717, 1.165) is 16.8 Å². The molecule has 1 fully saturated rings. The summed E-state index contributed by atoms with van der Waals surface area (Å²) in [6.07, 6.45) is 0.163. The number of rotatable bonds is 3. The normalized spacial score (nSPS) is 18.7. The number of nitrogens with zero attached hydrogens (tertiary/aromatic N) is 3. The smallest absolute Gasteiger partial charge is 0.229 e. The number of phenols is 1. The molecule has 2 aromatic rings. The zero-order chi connectivity index (χ0) is 22.3. The number of allylic oxidation sites excluding steroid dienone is 1. The number of aryl methyl sites for hydroxylation is 1. The van der Waals surface area contributed by atoms with Crippen molar-refractivity contribution in [2.75, 3.05) is 24.6 Å². The predicted octanol–water partition coefficient (Wildman–Crippen LogP) is 5.34. The Kier molecular flexibility index (Phi) is 6.11. The van der Waals surface area contributed by atoms with E-state index in [0.29, 0.717) is 38.4 Å². The Labute approximate surface area is 198 Å². The van der Waals surface area contributed by atoms with Gasteiger partial charge < -0.3 is 14.7 Å². The number of carbonyl (C=O) groups is 1. The fraction of sp³-hybridized carbons (Fsp3) is 0.273. The quantitative estimate of drug-likeness (QED) is 0.588. The number of halogens is 2. The molecule has 1 N–H and O–H groups in total. The minimum Gasteiger partial charge on any atom is -0.503 e. The van der Waals surface area contributed by atoms with Crippen LogP contribution in [0.1, 0.15) is 23.5 Å².